The average Bonchev–Trinajstić information content (AvgIpc) is 2.88. The third kappa shape index (κ3) is 2.39. The average molecular weight is 347 g/mol. The maximum absolute atomic E-state index is 12.2. The maximum Gasteiger partial charge on any atom is 0.222 e. The lowest BCUT2D eigenvalue weighted by atomic mass is 9.47. The molecule has 3 aliphatic carbocycles. The van der Waals surface area contributed by atoms with Crippen molar-refractivity contribution in [3.05, 3.63) is 0 Å². The summed E-state index contributed by atoms with van der Waals surface area (Å²) >= 11 is 0. The van der Waals surface area contributed by atoms with Gasteiger partial charge in [-0.05, 0) is 73.5 Å². The summed E-state index contributed by atoms with van der Waals surface area (Å²) in [6.45, 7) is 6.57. The summed E-state index contributed by atoms with van der Waals surface area (Å²) in [5, 5.41) is 3.26. The lowest BCUT2D eigenvalue weighted by Gasteiger charge is -2.61. The second kappa shape index (κ2) is 5.72. The highest BCUT2D eigenvalue weighted by Gasteiger charge is 2.61. The Labute approximate surface area is 152 Å². The van der Waals surface area contributed by atoms with Crippen molar-refractivity contribution in [3.8, 4) is 0 Å². The van der Waals surface area contributed by atoms with Gasteiger partial charge in [0.15, 0.2) is 0 Å². The van der Waals surface area contributed by atoms with Gasteiger partial charge < -0.3 is 10.2 Å². The first-order chi connectivity index (χ1) is 11.8. The van der Waals surface area contributed by atoms with E-state index in [1.54, 1.807) is 6.92 Å². The zero-order valence-corrected chi connectivity index (χ0v) is 16.3. The molecule has 0 aromatic carbocycles. The summed E-state index contributed by atoms with van der Waals surface area (Å²) in [5.41, 5.74) is 0.561. The van der Waals surface area contributed by atoms with Crippen LogP contribution in [-0.2, 0) is 9.59 Å². The van der Waals surface area contributed by atoms with E-state index in [9.17, 15) is 9.59 Å². The Hall–Kier alpha value is -1.06. The van der Waals surface area contributed by atoms with Crippen LogP contribution >= 0.6 is 0 Å². The lowest BCUT2D eigenvalue weighted by Crippen LogP contribution is -2.62. The van der Waals surface area contributed by atoms with E-state index in [0.717, 1.165) is 43.4 Å². The van der Waals surface area contributed by atoms with Gasteiger partial charge in [0.1, 0.15) is 0 Å². The first kappa shape index (κ1) is 17.4. The third-order valence-corrected chi connectivity index (χ3v) is 8.93. The van der Waals surface area contributed by atoms with Crippen molar-refractivity contribution >= 4 is 11.8 Å². The summed E-state index contributed by atoms with van der Waals surface area (Å²) in [7, 11) is 2.03. The van der Waals surface area contributed by atoms with Crippen LogP contribution in [0.15, 0.2) is 0 Å². The molecule has 7 atom stereocenters. The molecule has 25 heavy (non-hydrogen) atoms. The fourth-order valence-corrected chi connectivity index (χ4v) is 7.63. The molecule has 2 amide bonds. The number of hydrogen-bond donors (Lipinski definition) is 1. The molecule has 4 rings (SSSR count). The Morgan fingerprint density at radius 3 is 2.48 bits per heavy atom. The van der Waals surface area contributed by atoms with Crippen LogP contribution in [0.5, 0.6) is 0 Å². The molecule has 0 spiro atoms. The number of amides is 2. The number of likely N-dealkylation sites (tertiary alicyclic amines) is 1. The topological polar surface area (TPSA) is 49.4 Å². The molecule has 0 radical (unpaired) electrons. The van der Waals surface area contributed by atoms with Gasteiger partial charge in [-0.1, -0.05) is 13.8 Å². The molecule has 1 saturated heterocycles. The predicted octanol–water partition coefficient (Wildman–Crippen LogP) is 3.35. The van der Waals surface area contributed by atoms with Crippen LogP contribution in [0.2, 0.25) is 0 Å². The standard InChI is InChI=1S/C21H34N2O2/c1-13(24)22-17-7-6-15-14-5-8-18-21(3,12-10-19(25)23(18)4)16(14)9-11-20(15,17)2/h14-18H,5-12H2,1-4H3,(H,22,24)/t14-,15-,16-,17-,18+,20-,21+/m0/s1. The monoisotopic (exact) mass is 346 g/mol. The predicted molar refractivity (Wildman–Crippen MR) is 97.8 cm³/mol. The van der Waals surface area contributed by atoms with Gasteiger partial charge in [-0.15, -0.1) is 0 Å². The van der Waals surface area contributed by atoms with Crippen LogP contribution in [0, 0.1) is 28.6 Å². The SMILES string of the molecule is CC(=O)N[C@H]1CC[C@H]2[C@@H]3CC[C@H]4N(C)C(=O)CC[C@]4(C)[C@H]3CC[C@]12C. The molecular formula is C21H34N2O2. The number of rotatable bonds is 1. The molecular weight excluding hydrogens is 312 g/mol. The lowest BCUT2D eigenvalue weighted by molar-refractivity contribution is -0.157. The van der Waals surface area contributed by atoms with E-state index in [4.69, 9.17) is 0 Å². The number of carbonyl (C=O) groups excluding carboxylic acids is 2. The minimum atomic E-state index is 0.122. The molecule has 140 valence electrons. The quantitative estimate of drug-likeness (QED) is 0.791. The third-order valence-electron chi connectivity index (χ3n) is 8.93. The molecule has 0 unspecified atom stereocenters. The van der Waals surface area contributed by atoms with E-state index >= 15 is 0 Å². The molecule has 0 bridgehead atoms. The van der Waals surface area contributed by atoms with Gasteiger partial charge in [0.05, 0.1) is 0 Å². The fourth-order valence-electron chi connectivity index (χ4n) is 7.63. The molecule has 0 aromatic heterocycles. The van der Waals surface area contributed by atoms with Gasteiger partial charge in [-0.2, -0.15) is 0 Å². The highest BCUT2D eigenvalue weighted by molar-refractivity contribution is 5.77. The minimum Gasteiger partial charge on any atom is -0.353 e. The highest BCUT2D eigenvalue weighted by Crippen LogP contribution is 2.64. The number of nitrogens with zero attached hydrogens (tertiary/aromatic N) is 1. The number of fused-ring (bicyclic) bond motifs is 5. The molecule has 4 fully saturated rings. The number of hydrogen-bond acceptors (Lipinski definition) is 2. The van der Waals surface area contributed by atoms with Gasteiger partial charge in [0.2, 0.25) is 11.8 Å². The van der Waals surface area contributed by atoms with Crippen molar-refractivity contribution < 1.29 is 9.59 Å². The number of carbonyl (C=O) groups is 2. The number of piperidine rings is 1. The first-order valence-corrected chi connectivity index (χ1v) is 10.3. The Morgan fingerprint density at radius 2 is 1.76 bits per heavy atom. The Morgan fingerprint density at radius 1 is 1.04 bits per heavy atom. The second-order valence-electron chi connectivity index (χ2n) is 9.86. The van der Waals surface area contributed by atoms with Gasteiger partial charge in [0, 0.05) is 32.5 Å². The van der Waals surface area contributed by atoms with Crippen molar-refractivity contribution in [1.82, 2.24) is 10.2 Å². The fraction of sp³-hybridized carbons (Fsp3) is 0.905. The summed E-state index contributed by atoms with van der Waals surface area (Å²) in [5.74, 6) is 2.73. The van der Waals surface area contributed by atoms with E-state index in [-0.39, 0.29) is 11.3 Å². The Balaban J connectivity index is 1.60. The van der Waals surface area contributed by atoms with Crippen molar-refractivity contribution in [3.63, 3.8) is 0 Å². The van der Waals surface area contributed by atoms with Gasteiger partial charge >= 0.3 is 0 Å². The normalized spacial score (nSPS) is 49.2. The van der Waals surface area contributed by atoms with Gasteiger partial charge in [-0.25, -0.2) is 0 Å². The highest BCUT2D eigenvalue weighted by atomic mass is 16.2. The summed E-state index contributed by atoms with van der Waals surface area (Å²) in [4.78, 5) is 25.9. The van der Waals surface area contributed by atoms with Crippen molar-refractivity contribution in [2.75, 3.05) is 7.05 Å². The maximum atomic E-state index is 12.2. The van der Waals surface area contributed by atoms with Crippen LogP contribution in [0.1, 0.15) is 72.1 Å². The van der Waals surface area contributed by atoms with E-state index in [0.29, 0.717) is 23.4 Å². The van der Waals surface area contributed by atoms with Gasteiger partial charge in [0.25, 0.3) is 0 Å². The van der Waals surface area contributed by atoms with Crippen LogP contribution in [0.4, 0.5) is 0 Å². The molecule has 0 aromatic rings. The molecule has 4 heteroatoms. The van der Waals surface area contributed by atoms with Crippen LogP contribution in [0.25, 0.3) is 0 Å². The molecule has 1 N–H and O–H groups in total. The van der Waals surface area contributed by atoms with E-state index in [1.165, 1.54) is 25.7 Å². The number of nitrogens with one attached hydrogen (secondary N) is 1. The summed E-state index contributed by atoms with van der Waals surface area (Å²) in [6, 6.07) is 0.795. The second-order valence-corrected chi connectivity index (χ2v) is 9.86. The van der Waals surface area contributed by atoms with Crippen molar-refractivity contribution in [2.24, 2.45) is 28.6 Å². The molecule has 1 aliphatic heterocycles. The zero-order valence-electron chi connectivity index (χ0n) is 16.3. The first-order valence-electron chi connectivity index (χ1n) is 10.3. The van der Waals surface area contributed by atoms with Crippen LogP contribution < -0.4 is 5.32 Å². The molecule has 4 aliphatic rings. The molecule has 3 saturated carbocycles. The summed E-state index contributed by atoms with van der Waals surface area (Å²) < 4.78 is 0. The Kier molecular flexibility index (Phi) is 3.97. The minimum absolute atomic E-state index is 0.122. The van der Waals surface area contributed by atoms with E-state index in [1.807, 2.05) is 7.05 Å². The molecule has 1 heterocycles. The van der Waals surface area contributed by atoms with E-state index in [2.05, 4.69) is 24.1 Å². The smallest absolute Gasteiger partial charge is 0.222 e. The Bertz CT molecular complexity index is 590. The van der Waals surface area contributed by atoms with E-state index < -0.39 is 0 Å². The zero-order chi connectivity index (χ0) is 18.0. The van der Waals surface area contributed by atoms with Crippen LogP contribution in [0.3, 0.4) is 0 Å². The largest absolute Gasteiger partial charge is 0.353 e. The van der Waals surface area contributed by atoms with Crippen molar-refractivity contribution in [2.45, 2.75) is 84.2 Å². The van der Waals surface area contributed by atoms with Crippen molar-refractivity contribution in [1.29, 1.82) is 0 Å². The molecule has 4 nitrogen and oxygen atoms in total. The van der Waals surface area contributed by atoms with Gasteiger partial charge in [-0.3, -0.25) is 9.59 Å². The summed E-state index contributed by atoms with van der Waals surface area (Å²) in [6.07, 6.45) is 9.11. The van der Waals surface area contributed by atoms with Crippen LogP contribution in [-0.4, -0.2) is 35.8 Å².